The lowest BCUT2D eigenvalue weighted by molar-refractivity contribution is -0.120. The molecule has 39 heavy (non-hydrogen) atoms. The highest BCUT2D eigenvalue weighted by Gasteiger charge is 2.36. The fourth-order valence-electron chi connectivity index (χ4n) is 4.52. The minimum Gasteiger partial charge on any atom is -0.497 e. The summed E-state index contributed by atoms with van der Waals surface area (Å²) in [6, 6.07) is 18.4. The number of nitrogens with zero attached hydrogens (tertiary/aromatic N) is 1. The largest absolute Gasteiger partial charge is 0.497 e. The molecule has 0 fully saturated rings. The Morgan fingerprint density at radius 3 is 2.36 bits per heavy atom. The molecule has 0 bridgehead atoms. The average molecular weight is 571 g/mol. The first-order chi connectivity index (χ1) is 18.6. The first-order valence-electron chi connectivity index (χ1n) is 12.6. The van der Waals surface area contributed by atoms with Gasteiger partial charge in [0.1, 0.15) is 29.4 Å². The molecule has 1 aliphatic heterocycles. The molecule has 1 aliphatic rings. The second-order valence-electron chi connectivity index (χ2n) is 9.70. The number of hydrogen-bond donors (Lipinski definition) is 1. The number of thioether (sulfide) groups is 1. The van der Waals surface area contributed by atoms with Crippen molar-refractivity contribution in [2.75, 3.05) is 30.8 Å². The number of amides is 1. The van der Waals surface area contributed by atoms with Gasteiger partial charge in [-0.05, 0) is 93.8 Å². The summed E-state index contributed by atoms with van der Waals surface area (Å²) < 4.78 is 45.8. The number of sulfonamides is 1. The molecule has 1 N–H and O–H groups in total. The molecule has 4 rings (SSSR count). The Hall–Kier alpha value is -3.37. The highest BCUT2D eigenvalue weighted by molar-refractivity contribution is 7.98. The molecule has 1 amide bonds. The molecule has 0 saturated heterocycles. The van der Waals surface area contributed by atoms with Crippen LogP contribution in [0.2, 0.25) is 0 Å². The van der Waals surface area contributed by atoms with E-state index in [1.54, 1.807) is 55.6 Å². The molecule has 1 atom stereocenters. The van der Waals surface area contributed by atoms with Gasteiger partial charge in [0.05, 0.1) is 30.3 Å². The van der Waals surface area contributed by atoms with Crippen molar-refractivity contribution in [1.29, 1.82) is 0 Å². The fraction of sp³-hybridized carbons (Fsp3) is 0.345. The van der Waals surface area contributed by atoms with Gasteiger partial charge < -0.3 is 19.5 Å². The molecule has 208 valence electrons. The average Bonchev–Trinajstić information content (AvgIpc) is 2.91. The molecule has 0 aliphatic carbocycles. The quantitative estimate of drug-likeness (QED) is 0.325. The topological polar surface area (TPSA) is 94.2 Å². The first-order valence-corrected chi connectivity index (χ1v) is 15.3. The Kier molecular flexibility index (Phi) is 8.66. The van der Waals surface area contributed by atoms with E-state index in [4.69, 9.17) is 14.2 Å². The Balaban J connectivity index is 1.65. The second-order valence-corrected chi connectivity index (χ2v) is 12.4. The molecule has 1 heterocycles. The van der Waals surface area contributed by atoms with Crippen LogP contribution in [0.15, 0.2) is 76.5 Å². The standard InChI is InChI=1S/C29H34N2O6S2/c1-6-36-21-9-7-20(8-10-21)31(39(33,34)24-14-12-23(38-5)13-15-24)19-28(32)30-26-18-29(2,3)37-27-16-11-22(35-4)17-25(26)27/h7-17,26H,6,18-19H2,1-5H3,(H,30,32). The SMILES string of the molecule is CCOc1ccc(N(CC(=O)NC2CC(C)(C)Oc3ccc(OC)cc32)S(=O)(=O)c2ccc(SC)cc2)cc1. The van der Waals surface area contributed by atoms with Crippen molar-refractivity contribution >= 4 is 33.4 Å². The van der Waals surface area contributed by atoms with Crippen molar-refractivity contribution in [2.45, 2.75) is 48.6 Å². The molecule has 0 spiro atoms. The van der Waals surface area contributed by atoms with Crippen LogP contribution in [0.3, 0.4) is 0 Å². The zero-order chi connectivity index (χ0) is 28.2. The van der Waals surface area contributed by atoms with Crippen molar-refractivity contribution in [3.63, 3.8) is 0 Å². The zero-order valence-electron chi connectivity index (χ0n) is 22.8. The van der Waals surface area contributed by atoms with E-state index in [0.717, 1.165) is 14.8 Å². The summed E-state index contributed by atoms with van der Waals surface area (Å²) in [6.45, 7) is 5.86. The Labute approximate surface area is 234 Å². The highest BCUT2D eigenvalue weighted by Crippen LogP contribution is 2.41. The maximum Gasteiger partial charge on any atom is 0.264 e. The van der Waals surface area contributed by atoms with Gasteiger partial charge in [-0.25, -0.2) is 8.42 Å². The molecule has 0 saturated carbocycles. The third kappa shape index (κ3) is 6.62. The smallest absolute Gasteiger partial charge is 0.264 e. The summed E-state index contributed by atoms with van der Waals surface area (Å²) in [6.07, 6.45) is 2.43. The minimum atomic E-state index is -4.06. The second kappa shape index (κ2) is 11.8. The van der Waals surface area contributed by atoms with E-state index in [1.165, 1.54) is 11.8 Å². The lowest BCUT2D eigenvalue weighted by Gasteiger charge is -2.38. The summed E-state index contributed by atoms with van der Waals surface area (Å²) in [5.74, 6) is 1.47. The van der Waals surface area contributed by atoms with Crippen molar-refractivity contribution < 1.29 is 27.4 Å². The van der Waals surface area contributed by atoms with Gasteiger partial charge in [0.25, 0.3) is 10.0 Å². The number of rotatable bonds is 10. The minimum absolute atomic E-state index is 0.101. The fourth-order valence-corrected chi connectivity index (χ4v) is 6.35. The van der Waals surface area contributed by atoms with Gasteiger partial charge in [0.2, 0.25) is 5.91 Å². The van der Waals surface area contributed by atoms with Crippen LogP contribution >= 0.6 is 11.8 Å². The lowest BCUT2D eigenvalue weighted by atomic mass is 9.89. The number of benzene rings is 3. The van der Waals surface area contributed by atoms with E-state index in [0.29, 0.717) is 36.0 Å². The molecule has 8 nitrogen and oxygen atoms in total. The van der Waals surface area contributed by atoms with Gasteiger partial charge in [-0.3, -0.25) is 9.10 Å². The van der Waals surface area contributed by atoms with E-state index in [9.17, 15) is 13.2 Å². The van der Waals surface area contributed by atoms with Gasteiger partial charge in [-0.2, -0.15) is 0 Å². The Bertz CT molecular complexity index is 1410. The summed E-state index contributed by atoms with van der Waals surface area (Å²) in [7, 11) is -2.48. The van der Waals surface area contributed by atoms with Crippen LogP contribution in [0.5, 0.6) is 17.2 Å². The van der Waals surface area contributed by atoms with Crippen LogP contribution in [0.25, 0.3) is 0 Å². The third-order valence-electron chi connectivity index (χ3n) is 6.38. The molecule has 3 aromatic carbocycles. The summed E-state index contributed by atoms with van der Waals surface area (Å²) in [4.78, 5) is 14.5. The molecule has 0 aromatic heterocycles. The van der Waals surface area contributed by atoms with E-state index >= 15 is 0 Å². The van der Waals surface area contributed by atoms with E-state index in [2.05, 4.69) is 5.32 Å². The Morgan fingerprint density at radius 1 is 1.08 bits per heavy atom. The zero-order valence-corrected chi connectivity index (χ0v) is 24.4. The maximum absolute atomic E-state index is 13.8. The number of anilines is 1. The van der Waals surface area contributed by atoms with Gasteiger partial charge in [-0.15, -0.1) is 11.8 Å². The van der Waals surface area contributed by atoms with Gasteiger partial charge in [-0.1, -0.05) is 0 Å². The van der Waals surface area contributed by atoms with E-state index < -0.39 is 34.1 Å². The number of methoxy groups -OCH3 is 1. The number of nitrogens with one attached hydrogen (secondary N) is 1. The first kappa shape index (κ1) is 28.6. The van der Waals surface area contributed by atoms with Gasteiger partial charge >= 0.3 is 0 Å². The van der Waals surface area contributed by atoms with Crippen molar-refractivity contribution in [3.8, 4) is 17.2 Å². The highest BCUT2D eigenvalue weighted by atomic mass is 32.2. The number of fused-ring (bicyclic) bond motifs is 1. The van der Waals surface area contributed by atoms with Crippen molar-refractivity contribution in [1.82, 2.24) is 5.32 Å². The number of ether oxygens (including phenoxy) is 3. The van der Waals surface area contributed by atoms with Crippen LogP contribution in [-0.4, -0.2) is 46.4 Å². The summed E-state index contributed by atoms with van der Waals surface area (Å²) >= 11 is 1.52. The Morgan fingerprint density at radius 2 is 1.74 bits per heavy atom. The van der Waals surface area contributed by atoms with Crippen LogP contribution in [0, 0.1) is 0 Å². The van der Waals surface area contributed by atoms with Crippen LogP contribution < -0.4 is 23.8 Å². The normalized spacial score (nSPS) is 16.0. The van der Waals surface area contributed by atoms with E-state index in [-0.39, 0.29) is 4.90 Å². The lowest BCUT2D eigenvalue weighted by Crippen LogP contribution is -2.45. The van der Waals surface area contributed by atoms with Crippen molar-refractivity contribution in [3.05, 3.63) is 72.3 Å². The third-order valence-corrected chi connectivity index (χ3v) is 8.91. The summed E-state index contributed by atoms with van der Waals surface area (Å²) in [5, 5.41) is 3.05. The van der Waals surface area contributed by atoms with Crippen molar-refractivity contribution in [2.24, 2.45) is 0 Å². The van der Waals surface area contributed by atoms with Gasteiger partial charge in [0, 0.05) is 16.9 Å². The maximum atomic E-state index is 13.8. The number of carbonyl (C=O) groups excluding carboxylic acids is 1. The van der Waals surface area contributed by atoms with Gasteiger partial charge in [0.15, 0.2) is 0 Å². The molecule has 1 unspecified atom stereocenters. The summed E-state index contributed by atoms with van der Waals surface area (Å²) in [5.41, 5.74) is 0.612. The number of hydrogen-bond acceptors (Lipinski definition) is 7. The number of carbonyl (C=O) groups is 1. The predicted octanol–water partition coefficient (Wildman–Crippen LogP) is 5.43. The molecule has 10 heteroatoms. The monoisotopic (exact) mass is 570 g/mol. The predicted molar refractivity (Wildman–Crippen MR) is 154 cm³/mol. The van der Waals surface area contributed by atoms with Crippen LogP contribution in [0.4, 0.5) is 5.69 Å². The van der Waals surface area contributed by atoms with Crippen LogP contribution in [0.1, 0.15) is 38.8 Å². The van der Waals surface area contributed by atoms with Crippen LogP contribution in [-0.2, 0) is 14.8 Å². The molecule has 3 aromatic rings. The van der Waals surface area contributed by atoms with E-state index in [1.807, 2.05) is 45.2 Å². The molecule has 0 radical (unpaired) electrons. The molecular weight excluding hydrogens is 536 g/mol. The molecular formula is C29H34N2O6S2.